The highest BCUT2D eigenvalue weighted by molar-refractivity contribution is 7.15. The third-order valence-electron chi connectivity index (χ3n) is 4.17. The summed E-state index contributed by atoms with van der Waals surface area (Å²) in [5.41, 5.74) is 1.75. The maximum absolute atomic E-state index is 12.4. The van der Waals surface area contributed by atoms with Gasteiger partial charge in [0, 0.05) is 12.0 Å². The Morgan fingerprint density at radius 1 is 1.15 bits per heavy atom. The lowest BCUT2D eigenvalue weighted by molar-refractivity contribution is 0.102. The first kappa shape index (κ1) is 16.5. The molecule has 1 aliphatic heterocycles. The van der Waals surface area contributed by atoms with Crippen molar-refractivity contribution >= 4 is 22.4 Å². The average Bonchev–Trinajstić information content (AvgIpc) is 3.31. The number of nitrogens with one attached hydrogen (secondary N) is 1. The topological polar surface area (TPSA) is 73.3 Å². The summed E-state index contributed by atoms with van der Waals surface area (Å²) < 4.78 is 10.6. The van der Waals surface area contributed by atoms with Crippen molar-refractivity contribution in [2.75, 3.05) is 12.1 Å². The van der Waals surface area contributed by atoms with E-state index in [9.17, 15) is 4.79 Å². The Labute approximate surface area is 154 Å². The number of benzene rings is 2. The number of aromatic nitrogens is 2. The van der Waals surface area contributed by atoms with Crippen molar-refractivity contribution in [1.29, 1.82) is 0 Å². The van der Waals surface area contributed by atoms with E-state index in [1.807, 2.05) is 18.2 Å². The standard InChI is InChI=1S/C19H17N3O3S/c1-12(13-5-3-2-4-6-13)9-17-21-22-19(26-17)20-18(23)14-7-8-15-16(10-14)25-11-24-15/h2-8,10,12H,9,11H2,1H3,(H,20,22,23)/t12-/m0/s1. The highest BCUT2D eigenvalue weighted by Crippen LogP contribution is 2.33. The van der Waals surface area contributed by atoms with Gasteiger partial charge in [0.25, 0.3) is 5.91 Å². The molecule has 1 N–H and O–H groups in total. The number of carbonyl (C=O) groups is 1. The second-order valence-electron chi connectivity index (χ2n) is 6.04. The summed E-state index contributed by atoms with van der Waals surface area (Å²) >= 11 is 1.39. The lowest BCUT2D eigenvalue weighted by atomic mass is 9.98. The number of nitrogens with zero attached hydrogens (tertiary/aromatic N) is 2. The highest BCUT2D eigenvalue weighted by atomic mass is 32.1. The number of hydrogen-bond acceptors (Lipinski definition) is 6. The average molecular weight is 367 g/mol. The molecule has 132 valence electrons. The minimum Gasteiger partial charge on any atom is -0.454 e. The van der Waals surface area contributed by atoms with Crippen LogP contribution in [0.25, 0.3) is 0 Å². The van der Waals surface area contributed by atoms with Crippen molar-refractivity contribution in [3.05, 3.63) is 64.7 Å². The summed E-state index contributed by atoms with van der Waals surface area (Å²) in [6.45, 7) is 2.33. The number of fused-ring (bicyclic) bond motifs is 1. The Bertz CT molecular complexity index is 927. The van der Waals surface area contributed by atoms with Crippen LogP contribution < -0.4 is 14.8 Å². The van der Waals surface area contributed by atoms with Gasteiger partial charge in [-0.15, -0.1) is 10.2 Å². The van der Waals surface area contributed by atoms with Crippen LogP contribution in [0.1, 0.15) is 33.8 Å². The fraction of sp³-hybridized carbons (Fsp3) is 0.211. The fourth-order valence-electron chi connectivity index (χ4n) is 2.76. The van der Waals surface area contributed by atoms with Crippen LogP contribution in [0.5, 0.6) is 11.5 Å². The molecular weight excluding hydrogens is 350 g/mol. The van der Waals surface area contributed by atoms with E-state index in [4.69, 9.17) is 9.47 Å². The molecule has 1 aromatic heterocycles. The summed E-state index contributed by atoms with van der Waals surface area (Å²) in [7, 11) is 0. The second-order valence-corrected chi connectivity index (χ2v) is 7.10. The van der Waals surface area contributed by atoms with Crippen LogP contribution in [0.4, 0.5) is 5.13 Å². The molecule has 0 radical (unpaired) electrons. The smallest absolute Gasteiger partial charge is 0.257 e. The maximum Gasteiger partial charge on any atom is 0.257 e. The summed E-state index contributed by atoms with van der Waals surface area (Å²) in [4.78, 5) is 12.4. The van der Waals surface area contributed by atoms with Crippen LogP contribution in [0.2, 0.25) is 0 Å². The van der Waals surface area contributed by atoms with E-state index in [1.165, 1.54) is 16.9 Å². The van der Waals surface area contributed by atoms with E-state index in [1.54, 1.807) is 18.2 Å². The van der Waals surface area contributed by atoms with Gasteiger partial charge in [0.15, 0.2) is 11.5 Å². The minimum absolute atomic E-state index is 0.180. The SMILES string of the molecule is C[C@@H](Cc1nnc(NC(=O)c2ccc3c(c2)OCO3)s1)c1ccccc1. The molecular formula is C19H17N3O3S. The van der Waals surface area contributed by atoms with Crippen LogP contribution >= 0.6 is 11.3 Å². The summed E-state index contributed by atoms with van der Waals surface area (Å²) in [5, 5.41) is 12.4. The molecule has 7 heteroatoms. The largest absolute Gasteiger partial charge is 0.454 e. The van der Waals surface area contributed by atoms with Gasteiger partial charge in [0.2, 0.25) is 11.9 Å². The van der Waals surface area contributed by atoms with Crippen LogP contribution in [-0.2, 0) is 6.42 Å². The van der Waals surface area contributed by atoms with E-state index < -0.39 is 0 Å². The fourth-order valence-corrected chi connectivity index (χ4v) is 3.62. The van der Waals surface area contributed by atoms with Crippen LogP contribution in [-0.4, -0.2) is 22.9 Å². The molecule has 6 nitrogen and oxygen atoms in total. The zero-order chi connectivity index (χ0) is 17.9. The van der Waals surface area contributed by atoms with Crippen molar-refractivity contribution < 1.29 is 14.3 Å². The predicted molar refractivity (Wildman–Crippen MR) is 99.0 cm³/mol. The monoisotopic (exact) mass is 367 g/mol. The Hall–Kier alpha value is -2.93. The zero-order valence-electron chi connectivity index (χ0n) is 14.1. The molecule has 4 rings (SSSR count). The molecule has 0 spiro atoms. The van der Waals surface area contributed by atoms with E-state index in [0.717, 1.165) is 11.4 Å². The minimum atomic E-state index is -0.248. The Morgan fingerprint density at radius 2 is 1.96 bits per heavy atom. The van der Waals surface area contributed by atoms with Gasteiger partial charge in [0.05, 0.1) is 0 Å². The van der Waals surface area contributed by atoms with Gasteiger partial charge in [-0.3, -0.25) is 10.1 Å². The highest BCUT2D eigenvalue weighted by Gasteiger charge is 2.17. The summed E-state index contributed by atoms with van der Waals surface area (Å²) in [6.07, 6.45) is 0.779. The number of ether oxygens (including phenoxy) is 2. The van der Waals surface area contributed by atoms with Gasteiger partial charge in [-0.2, -0.15) is 0 Å². The van der Waals surface area contributed by atoms with Crippen LogP contribution in [0, 0.1) is 0 Å². The molecule has 0 fully saturated rings. The number of anilines is 1. The molecule has 0 saturated heterocycles. The van der Waals surface area contributed by atoms with E-state index in [2.05, 4.69) is 34.6 Å². The molecule has 3 aromatic rings. The summed E-state index contributed by atoms with van der Waals surface area (Å²) in [5.74, 6) is 1.31. The van der Waals surface area contributed by atoms with E-state index in [0.29, 0.717) is 28.1 Å². The second kappa shape index (κ2) is 7.13. The number of rotatable bonds is 5. The predicted octanol–water partition coefficient (Wildman–Crippen LogP) is 3.87. The van der Waals surface area contributed by atoms with Gasteiger partial charge in [0.1, 0.15) is 5.01 Å². The number of amides is 1. The first-order valence-corrected chi connectivity index (χ1v) is 9.09. The molecule has 0 bridgehead atoms. The lowest BCUT2D eigenvalue weighted by Gasteiger charge is -2.08. The molecule has 1 atom stereocenters. The number of carbonyl (C=O) groups excluding carboxylic acids is 1. The van der Waals surface area contributed by atoms with Crippen molar-refractivity contribution in [3.63, 3.8) is 0 Å². The molecule has 1 aliphatic rings. The van der Waals surface area contributed by atoms with Crippen molar-refractivity contribution in [1.82, 2.24) is 10.2 Å². The van der Waals surface area contributed by atoms with Gasteiger partial charge < -0.3 is 9.47 Å². The Kier molecular flexibility index (Phi) is 4.53. The van der Waals surface area contributed by atoms with Crippen molar-refractivity contribution in [3.8, 4) is 11.5 Å². The third kappa shape index (κ3) is 3.52. The number of hydrogen-bond donors (Lipinski definition) is 1. The molecule has 0 aliphatic carbocycles. The molecule has 2 heterocycles. The Morgan fingerprint density at radius 3 is 2.81 bits per heavy atom. The lowest BCUT2D eigenvalue weighted by Crippen LogP contribution is -2.11. The van der Waals surface area contributed by atoms with Crippen molar-refractivity contribution in [2.24, 2.45) is 0 Å². The first-order chi connectivity index (χ1) is 12.7. The normalized spacial score (nSPS) is 13.4. The quantitative estimate of drug-likeness (QED) is 0.741. The molecule has 26 heavy (non-hydrogen) atoms. The third-order valence-corrected chi connectivity index (χ3v) is 5.03. The van der Waals surface area contributed by atoms with Gasteiger partial charge in [-0.25, -0.2) is 0 Å². The van der Waals surface area contributed by atoms with Crippen molar-refractivity contribution in [2.45, 2.75) is 19.3 Å². The Balaban J connectivity index is 1.41. The van der Waals surface area contributed by atoms with Gasteiger partial charge in [-0.05, 0) is 29.7 Å². The molecule has 0 saturated carbocycles. The molecule has 2 aromatic carbocycles. The zero-order valence-corrected chi connectivity index (χ0v) is 15.0. The van der Waals surface area contributed by atoms with Gasteiger partial charge >= 0.3 is 0 Å². The van der Waals surface area contributed by atoms with E-state index >= 15 is 0 Å². The molecule has 1 amide bonds. The van der Waals surface area contributed by atoms with Crippen LogP contribution in [0.15, 0.2) is 48.5 Å². The molecule has 0 unspecified atom stereocenters. The maximum atomic E-state index is 12.4. The van der Waals surface area contributed by atoms with Gasteiger partial charge in [-0.1, -0.05) is 48.6 Å². The van der Waals surface area contributed by atoms with E-state index in [-0.39, 0.29) is 12.7 Å². The summed E-state index contributed by atoms with van der Waals surface area (Å²) in [6, 6.07) is 15.4. The van der Waals surface area contributed by atoms with Crippen LogP contribution in [0.3, 0.4) is 0 Å². The first-order valence-electron chi connectivity index (χ1n) is 8.27.